The highest BCUT2D eigenvalue weighted by Gasteiger charge is 2.23. The van der Waals surface area contributed by atoms with Gasteiger partial charge < -0.3 is 4.74 Å². The molecule has 5 nitrogen and oxygen atoms in total. The van der Waals surface area contributed by atoms with Crippen LogP contribution in [0.3, 0.4) is 0 Å². The maximum absolute atomic E-state index is 6.19. The van der Waals surface area contributed by atoms with E-state index in [9.17, 15) is 0 Å². The van der Waals surface area contributed by atoms with Crippen molar-refractivity contribution in [2.75, 3.05) is 13.7 Å². The molecular weight excluding hydrogens is 348 g/mol. The SMILES string of the molecule is COc1ncc(CN2CCc3nc(C4CCCCC4)ncc3C2)cc1Cl. The van der Waals surface area contributed by atoms with E-state index in [4.69, 9.17) is 26.3 Å². The summed E-state index contributed by atoms with van der Waals surface area (Å²) in [4.78, 5) is 16.3. The Labute approximate surface area is 159 Å². The molecule has 0 radical (unpaired) electrons. The van der Waals surface area contributed by atoms with Gasteiger partial charge in [-0.15, -0.1) is 0 Å². The Morgan fingerprint density at radius 3 is 2.81 bits per heavy atom. The molecule has 1 aliphatic carbocycles. The van der Waals surface area contributed by atoms with Gasteiger partial charge in [0.25, 0.3) is 0 Å². The fraction of sp³-hybridized carbons (Fsp3) is 0.550. The molecule has 138 valence electrons. The highest BCUT2D eigenvalue weighted by molar-refractivity contribution is 6.31. The van der Waals surface area contributed by atoms with E-state index in [2.05, 4.69) is 16.1 Å². The van der Waals surface area contributed by atoms with Gasteiger partial charge in [-0.2, -0.15) is 0 Å². The third-order valence-electron chi connectivity index (χ3n) is 5.47. The molecule has 1 aliphatic heterocycles. The highest BCUT2D eigenvalue weighted by atomic mass is 35.5. The Kier molecular flexibility index (Phi) is 5.36. The second-order valence-electron chi connectivity index (χ2n) is 7.33. The highest BCUT2D eigenvalue weighted by Crippen LogP contribution is 2.31. The van der Waals surface area contributed by atoms with Crippen LogP contribution in [0.5, 0.6) is 5.88 Å². The largest absolute Gasteiger partial charge is 0.480 e. The third kappa shape index (κ3) is 3.84. The van der Waals surface area contributed by atoms with Crippen LogP contribution >= 0.6 is 11.6 Å². The van der Waals surface area contributed by atoms with Crippen LogP contribution in [0.25, 0.3) is 0 Å². The van der Waals surface area contributed by atoms with Crippen molar-refractivity contribution >= 4 is 11.6 Å². The summed E-state index contributed by atoms with van der Waals surface area (Å²) < 4.78 is 5.12. The minimum Gasteiger partial charge on any atom is -0.480 e. The molecule has 0 aromatic carbocycles. The lowest BCUT2D eigenvalue weighted by Gasteiger charge is -2.29. The maximum Gasteiger partial charge on any atom is 0.232 e. The molecule has 6 heteroatoms. The Bertz CT molecular complexity index is 776. The number of hydrogen-bond donors (Lipinski definition) is 0. The van der Waals surface area contributed by atoms with Crippen LogP contribution in [0.4, 0.5) is 0 Å². The summed E-state index contributed by atoms with van der Waals surface area (Å²) in [6.07, 6.45) is 11.4. The average molecular weight is 373 g/mol. The van der Waals surface area contributed by atoms with Gasteiger partial charge >= 0.3 is 0 Å². The van der Waals surface area contributed by atoms with Gasteiger partial charge in [0, 0.05) is 55.6 Å². The average Bonchev–Trinajstić information content (AvgIpc) is 2.68. The van der Waals surface area contributed by atoms with Crippen LogP contribution in [-0.2, 0) is 19.5 Å². The second-order valence-corrected chi connectivity index (χ2v) is 7.74. The van der Waals surface area contributed by atoms with Crippen LogP contribution in [0.2, 0.25) is 5.02 Å². The molecule has 0 N–H and O–H groups in total. The van der Waals surface area contributed by atoms with Gasteiger partial charge in [0.15, 0.2) is 0 Å². The van der Waals surface area contributed by atoms with Crippen LogP contribution in [-0.4, -0.2) is 33.5 Å². The van der Waals surface area contributed by atoms with E-state index >= 15 is 0 Å². The van der Waals surface area contributed by atoms with Crippen molar-refractivity contribution in [3.8, 4) is 5.88 Å². The normalized spacial score (nSPS) is 18.5. The van der Waals surface area contributed by atoms with E-state index in [1.54, 1.807) is 7.11 Å². The molecule has 26 heavy (non-hydrogen) atoms. The van der Waals surface area contributed by atoms with Crippen molar-refractivity contribution in [1.82, 2.24) is 19.9 Å². The van der Waals surface area contributed by atoms with Gasteiger partial charge in [-0.3, -0.25) is 4.90 Å². The van der Waals surface area contributed by atoms with Crippen LogP contribution in [0, 0.1) is 0 Å². The number of ether oxygens (including phenoxy) is 1. The van der Waals surface area contributed by atoms with E-state index in [0.29, 0.717) is 16.8 Å². The lowest BCUT2D eigenvalue weighted by Crippen LogP contribution is -2.31. The van der Waals surface area contributed by atoms with Gasteiger partial charge in [0.2, 0.25) is 5.88 Å². The first-order valence-corrected chi connectivity index (χ1v) is 9.86. The molecule has 0 atom stereocenters. The standard InChI is InChI=1S/C20H25ClN4O/c1-26-20-17(21)9-14(10-23-20)12-25-8-7-18-16(13-25)11-22-19(24-18)15-5-3-2-4-6-15/h9-11,15H,2-8,12-13H2,1H3. The minimum atomic E-state index is 0.475. The molecule has 0 amide bonds. The number of pyridine rings is 1. The number of rotatable bonds is 4. The van der Waals surface area contributed by atoms with Crippen molar-refractivity contribution in [2.24, 2.45) is 0 Å². The van der Waals surface area contributed by atoms with Crippen LogP contribution < -0.4 is 4.74 Å². The van der Waals surface area contributed by atoms with Crippen molar-refractivity contribution in [1.29, 1.82) is 0 Å². The molecule has 0 spiro atoms. The second kappa shape index (κ2) is 7.89. The first kappa shape index (κ1) is 17.7. The zero-order valence-corrected chi connectivity index (χ0v) is 16.0. The predicted molar refractivity (Wildman–Crippen MR) is 101 cm³/mol. The van der Waals surface area contributed by atoms with Gasteiger partial charge in [0.1, 0.15) is 10.8 Å². The number of aromatic nitrogens is 3. The number of nitrogens with zero attached hydrogens (tertiary/aromatic N) is 4. The molecule has 0 unspecified atom stereocenters. The summed E-state index contributed by atoms with van der Waals surface area (Å²) in [6, 6.07) is 1.94. The summed E-state index contributed by atoms with van der Waals surface area (Å²) in [5.74, 6) is 2.12. The van der Waals surface area contributed by atoms with Crippen molar-refractivity contribution in [2.45, 2.75) is 57.5 Å². The Hall–Kier alpha value is -1.72. The topological polar surface area (TPSA) is 51.1 Å². The monoisotopic (exact) mass is 372 g/mol. The number of fused-ring (bicyclic) bond motifs is 1. The van der Waals surface area contributed by atoms with E-state index in [1.165, 1.54) is 43.4 Å². The summed E-state index contributed by atoms with van der Waals surface area (Å²) in [6.45, 7) is 2.70. The first-order valence-electron chi connectivity index (χ1n) is 9.48. The molecular formula is C20H25ClN4O. The molecule has 1 saturated carbocycles. The molecule has 2 aromatic rings. The van der Waals surface area contributed by atoms with E-state index in [0.717, 1.165) is 37.4 Å². The Morgan fingerprint density at radius 1 is 1.19 bits per heavy atom. The van der Waals surface area contributed by atoms with E-state index in [1.807, 2.05) is 12.3 Å². The molecule has 0 saturated heterocycles. The number of hydrogen-bond acceptors (Lipinski definition) is 5. The smallest absolute Gasteiger partial charge is 0.232 e. The predicted octanol–water partition coefficient (Wildman–Crippen LogP) is 4.14. The van der Waals surface area contributed by atoms with Gasteiger partial charge in [-0.05, 0) is 24.5 Å². The molecule has 3 heterocycles. The van der Waals surface area contributed by atoms with Crippen molar-refractivity contribution in [3.63, 3.8) is 0 Å². The lowest BCUT2D eigenvalue weighted by molar-refractivity contribution is 0.241. The van der Waals surface area contributed by atoms with Crippen LogP contribution in [0.1, 0.15) is 60.7 Å². The molecule has 1 fully saturated rings. The quantitative estimate of drug-likeness (QED) is 0.807. The van der Waals surface area contributed by atoms with Gasteiger partial charge in [0.05, 0.1) is 7.11 Å². The summed E-state index contributed by atoms with van der Waals surface area (Å²) in [5, 5.41) is 0.558. The summed E-state index contributed by atoms with van der Waals surface area (Å²) in [7, 11) is 1.58. The third-order valence-corrected chi connectivity index (χ3v) is 5.74. The molecule has 0 bridgehead atoms. The van der Waals surface area contributed by atoms with E-state index in [-0.39, 0.29) is 0 Å². The van der Waals surface area contributed by atoms with E-state index < -0.39 is 0 Å². The molecule has 2 aromatic heterocycles. The molecule has 4 rings (SSSR count). The Morgan fingerprint density at radius 2 is 2.04 bits per heavy atom. The maximum atomic E-state index is 6.19. The molecule has 2 aliphatic rings. The van der Waals surface area contributed by atoms with Gasteiger partial charge in [-0.25, -0.2) is 15.0 Å². The fourth-order valence-electron chi connectivity index (χ4n) is 4.04. The fourth-order valence-corrected chi connectivity index (χ4v) is 4.31. The number of methoxy groups -OCH3 is 1. The van der Waals surface area contributed by atoms with Crippen molar-refractivity contribution in [3.05, 3.63) is 46.1 Å². The minimum absolute atomic E-state index is 0.475. The zero-order valence-electron chi connectivity index (χ0n) is 15.2. The number of halogens is 1. The zero-order chi connectivity index (χ0) is 17.9. The van der Waals surface area contributed by atoms with Crippen molar-refractivity contribution < 1.29 is 4.74 Å². The van der Waals surface area contributed by atoms with Crippen LogP contribution in [0.15, 0.2) is 18.5 Å². The van der Waals surface area contributed by atoms with Gasteiger partial charge in [-0.1, -0.05) is 30.9 Å². The summed E-state index contributed by atoms with van der Waals surface area (Å²) >= 11 is 6.19. The summed E-state index contributed by atoms with van der Waals surface area (Å²) in [5.41, 5.74) is 3.59. The Balaban J connectivity index is 1.43. The lowest BCUT2D eigenvalue weighted by atomic mass is 9.88. The first-order chi connectivity index (χ1) is 12.7.